The molecule has 2 nitrogen and oxygen atoms in total. The first-order chi connectivity index (χ1) is 12.5. The van der Waals surface area contributed by atoms with Crippen LogP contribution in [0.4, 0.5) is 0 Å². The van der Waals surface area contributed by atoms with Crippen LogP contribution in [0.1, 0.15) is 55.4 Å². The molecule has 12 heteroatoms. The van der Waals surface area contributed by atoms with E-state index in [9.17, 15) is 0 Å². The van der Waals surface area contributed by atoms with Crippen molar-refractivity contribution in [3.05, 3.63) is 0 Å². The van der Waals surface area contributed by atoms with Gasteiger partial charge < -0.3 is 8.97 Å². The zero-order valence-corrected chi connectivity index (χ0v) is 33.0. The van der Waals surface area contributed by atoms with Crippen molar-refractivity contribution in [1.82, 2.24) is 0 Å². The second-order valence-corrected chi connectivity index (χ2v) is 68.8. The SMILES string of the molecule is CC[N+](CC)(CC)CC.CC[N+](CC)(CC)CC.[Br][Co-]([Br])([Br])[Br].[Br][Co-]([Br])([Br])[Br]. The molecule has 0 amide bonds. The van der Waals surface area contributed by atoms with Crippen LogP contribution < -0.4 is 0 Å². The molecule has 0 aromatic heterocycles. The first-order valence-electron chi connectivity index (χ1n) is 9.19. The molecule has 0 heterocycles. The van der Waals surface area contributed by atoms with Gasteiger partial charge in [-0.25, -0.2) is 0 Å². The molecule has 0 aliphatic heterocycles. The van der Waals surface area contributed by atoms with E-state index in [-0.39, 0.29) is 0 Å². The van der Waals surface area contributed by atoms with Gasteiger partial charge in [-0.05, 0) is 55.4 Å². The van der Waals surface area contributed by atoms with Crippen molar-refractivity contribution < 1.29 is 19.9 Å². The Morgan fingerprint density at radius 2 is 0.429 bits per heavy atom. The summed E-state index contributed by atoms with van der Waals surface area (Å²) in [6.45, 7) is 28.4. The Hall–Kier alpha value is 4.77. The van der Waals surface area contributed by atoms with Crippen molar-refractivity contribution in [3.8, 4) is 0 Å². The molecule has 0 N–H and O–H groups in total. The summed E-state index contributed by atoms with van der Waals surface area (Å²) in [5, 5.41) is 0. The fraction of sp³-hybridized carbons (Fsp3) is 1.00. The first kappa shape index (κ1) is 40.0. The van der Waals surface area contributed by atoms with Gasteiger partial charge >= 0.3 is 124 Å². The molecule has 0 atom stereocenters. The molecule has 28 heavy (non-hydrogen) atoms. The molecule has 0 saturated carbocycles. The number of hydrogen-bond acceptors (Lipinski definition) is 0. The van der Waals surface area contributed by atoms with Gasteiger partial charge in [0.05, 0.1) is 52.4 Å². The van der Waals surface area contributed by atoms with Crippen LogP contribution in [0.5, 0.6) is 0 Å². The van der Waals surface area contributed by atoms with Crippen LogP contribution in [0, 0.1) is 0 Å². The molecule has 188 valence electrons. The van der Waals surface area contributed by atoms with Gasteiger partial charge in [0.2, 0.25) is 0 Å². The van der Waals surface area contributed by atoms with Crippen molar-refractivity contribution in [1.29, 1.82) is 0 Å². The first-order valence-corrected chi connectivity index (χ1v) is 29.8. The van der Waals surface area contributed by atoms with Crippen molar-refractivity contribution in [2.45, 2.75) is 55.4 Å². The van der Waals surface area contributed by atoms with Gasteiger partial charge in [-0.2, -0.15) is 0 Å². The van der Waals surface area contributed by atoms with Crippen molar-refractivity contribution in [3.63, 3.8) is 0 Å². The summed E-state index contributed by atoms with van der Waals surface area (Å²) < 4.78 is 2.56. The molecule has 0 aromatic carbocycles. The standard InChI is InChI=1S/2C8H20N.8BrH.2Co/c2*1-5-9(6-2,7-3)8-4;;;;;;;;;;/h2*5-8H2,1-4H3;8*1H;;/q2*+1;;;;;;;;;2*+3/p-8. The molecule has 0 aliphatic carbocycles. The van der Waals surface area contributed by atoms with Crippen LogP contribution in [0.25, 0.3) is 0 Å². The average molecular weight is 1020 g/mol. The molecule has 0 fully saturated rings. The summed E-state index contributed by atoms with van der Waals surface area (Å²) in [6, 6.07) is 0. The number of halogens is 8. The van der Waals surface area contributed by atoms with E-state index in [1.165, 1.54) is 61.3 Å². The van der Waals surface area contributed by atoms with Crippen LogP contribution in [0.2, 0.25) is 0 Å². The molecule has 0 bridgehead atoms. The second-order valence-electron chi connectivity index (χ2n) is 5.78. The van der Waals surface area contributed by atoms with Gasteiger partial charge in [0, 0.05) is 0 Å². The van der Waals surface area contributed by atoms with Crippen LogP contribution in [-0.2, 0) is 10.9 Å². The Labute approximate surface area is 237 Å². The van der Waals surface area contributed by atoms with E-state index in [4.69, 9.17) is 0 Å². The van der Waals surface area contributed by atoms with E-state index in [0.717, 1.165) is 0 Å². The van der Waals surface area contributed by atoms with Gasteiger partial charge in [-0.3, -0.25) is 0 Å². The maximum atomic E-state index is 3.23. The summed E-state index contributed by atoms with van der Waals surface area (Å²) in [6.07, 6.45) is 0. The summed E-state index contributed by atoms with van der Waals surface area (Å²) in [7, 11) is 0. The third-order valence-electron chi connectivity index (χ3n) is 5.37. The minimum absolute atomic E-state index is 1.12. The van der Waals surface area contributed by atoms with Gasteiger partial charge in [-0.15, -0.1) is 0 Å². The van der Waals surface area contributed by atoms with E-state index >= 15 is 0 Å². The van der Waals surface area contributed by atoms with Crippen molar-refractivity contribution in [2.75, 3.05) is 52.4 Å². The predicted octanol–water partition coefficient (Wildman–Crippen LogP) is 10.5. The Bertz CT molecular complexity index is 253. The van der Waals surface area contributed by atoms with E-state index in [2.05, 4.69) is 169 Å². The quantitative estimate of drug-likeness (QED) is 0.213. The third kappa shape index (κ3) is 32.9. The zero-order chi connectivity index (χ0) is 23.7. The Kier molecular flexibility index (Phi) is 31.8. The number of quaternary nitrogens is 2. The summed E-state index contributed by atoms with van der Waals surface area (Å²) in [5.74, 6) is 0. The van der Waals surface area contributed by atoms with Gasteiger partial charge in [-0.1, -0.05) is 0 Å². The number of hydrogen-bond donors (Lipinski definition) is 0. The van der Waals surface area contributed by atoms with Gasteiger partial charge in [0.15, 0.2) is 0 Å². The molecular weight excluding hydrogens is 977 g/mol. The second kappa shape index (κ2) is 22.3. The molecule has 0 unspecified atom stereocenters. The van der Waals surface area contributed by atoms with Crippen LogP contribution in [0.3, 0.4) is 0 Å². The molecule has 0 saturated heterocycles. The van der Waals surface area contributed by atoms with Gasteiger partial charge in [0.1, 0.15) is 0 Å². The van der Waals surface area contributed by atoms with Crippen molar-refractivity contribution in [2.24, 2.45) is 0 Å². The number of nitrogens with zero attached hydrogens (tertiary/aromatic N) is 2. The van der Waals surface area contributed by atoms with E-state index in [0.29, 0.717) is 0 Å². The molecule has 0 aromatic rings. The maximum absolute atomic E-state index is 3.23. The average Bonchev–Trinajstić information content (AvgIpc) is 2.58. The minimum atomic E-state index is -1.12. The topological polar surface area (TPSA) is 0 Å². The Morgan fingerprint density at radius 3 is 0.429 bits per heavy atom. The van der Waals surface area contributed by atoms with E-state index in [1.807, 2.05) is 0 Å². The Balaban J connectivity index is -0.000000143. The van der Waals surface area contributed by atoms with Crippen LogP contribution in [0.15, 0.2) is 0 Å². The molecule has 0 radical (unpaired) electrons. The summed E-state index contributed by atoms with van der Waals surface area (Å²) in [4.78, 5) is 0. The normalized spacial score (nSPS) is 13.1. The molecule has 0 spiro atoms. The number of rotatable bonds is 8. The Morgan fingerprint density at radius 1 is 0.357 bits per heavy atom. The molecular formula is C16H40Br8Co2N2. The van der Waals surface area contributed by atoms with Crippen LogP contribution in [-0.4, -0.2) is 61.3 Å². The third-order valence-corrected chi connectivity index (χ3v) is 5.37. The fourth-order valence-electron chi connectivity index (χ4n) is 2.68. The monoisotopic (exact) mass is 1010 g/mol. The van der Waals surface area contributed by atoms with Crippen LogP contribution >= 0.6 is 113 Å². The molecule has 0 aliphatic rings. The van der Waals surface area contributed by atoms with Crippen molar-refractivity contribution >= 4 is 113 Å². The van der Waals surface area contributed by atoms with Gasteiger partial charge in [0.25, 0.3) is 0 Å². The predicted molar refractivity (Wildman–Crippen MR) is 156 cm³/mol. The zero-order valence-electron chi connectivity index (χ0n) is 18.2. The van der Waals surface area contributed by atoms with E-state index in [1.54, 1.807) is 0 Å². The summed E-state index contributed by atoms with van der Waals surface area (Å²) >= 11 is 25.9. The summed E-state index contributed by atoms with van der Waals surface area (Å²) in [5.41, 5.74) is -2.25. The molecule has 0 rings (SSSR count). The fourth-order valence-corrected chi connectivity index (χ4v) is 2.68. The van der Waals surface area contributed by atoms with E-state index < -0.39 is 10.9 Å².